The number of hydrogen-bond donors (Lipinski definition) is 1. The lowest BCUT2D eigenvalue weighted by molar-refractivity contribution is -0.121. The van der Waals surface area contributed by atoms with E-state index in [2.05, 4.69) is 24.4 Å². The Balaban J connectivity index is 3.43. The second-order valence-corrected chi connectivity index (χ2v) is 4.65. The Labute approximate surface area is 106 Å². The predicted octanol–water partition coefficient (Wildman–Crippen LogP) is 4.03. The fourth-order valence-electron chi connectivity index (χ4n) is 1.70. The fraction of sp³-hybridized carbons (Fsp3) is 0.857. The van der Waals surface area contributed by atoms with Crippen LogP contribution in [0.3, 0.4) is 0 Å². The Bertz CT molecular complexity index is 224. The molecule has 3 nitrogen and oxygen atoms in total. The Hall–Kier alpha value is -0.860. The summed E-state index contributed by atoms with van der Waals surface area (Å²) < 4.78 is 0. The summed E-state index contributed by atoms with van der Waals surface area (Å²) in [6.45, 7) is 6.27. The lowest BCUT2D eigenvalue weighted by Gasteiger charge is -2.02. The molecular weight excluding hydrogens is 212 g/mol. The Morgan fingerprint density at radius 1 is 0.941 bits per heavy atom. The molecule has 0 aliphatic rings. The van der Waals surface area contributed by atoms with Crippen LogP contribution in [0.4, 0.5) is 0 Å². The zero-order valence-electron chi connectivity index (χ0n) is 11.7. The van der Waals surface area contributed by atoms with Gasteiger partial charge in [0.15, 0.2) is 0 Å². The van der Waals surface area contributed by atoms with Gasteiger partial charge in [0.1, 0.15) is 0 Å². The van der Waals surface area contributed by atoms with Crippen LogP contribution in [0.25, 0.3) is 0 Å². The summed E-state index contributed by atoms with van der Waals surface area (Å²) in [5.74, 6) is 0.0518. The number of carbonyl (C=O) groups is 1. The Morgan fingerprint density at radius 2 is 1.59 bits per heavy atom. The topological polar surface area (TPSA) is 41.5 Å². The van der Waals surface area contributed by atoms with Gasteiger partial charge in [-0.3, -0.25) is 4.79 Å². The molecule has 0 aromatic heterocycles. The first-order chi connectivity index (χ1) is 8.20. The van der Waals surface area contributed by atoms with E-state index in [4.69, 9.17) is 0 Å². The van der Waals surface area contributed by atoms with Crippen LogP contribution in [0.1, 0.15) is 78.6 Å². The Morgan fingerprint density at radius 3 is 2.24 bits per heavy atom. The molecular formula is C14H28N2O. The first kappa shape index (κ1) is 16.1. The SMILES string of the molecule is CCCCCCCCC(=O)NN=C(C)CCC. The molecule has 0 bridgehead atoms. The van der Waals surface area contributed by atoms with Crippen LogP contribution in [0.15, 0.2) is 5.10 Å². The number of hydrogen-bond acceptors (Lipinski definition) is 2. The van der Waals surface area contributed by atoms with Crippen LogP contribution >= 0.6 is 0 Å². The van der Waals surface area contributed by atoms with Crippen LogP contribution in [-0.4, -0.2) is 11.6 Å². The molecule has 1 N–H and O–H groups in total. The largest absolute Gasteiger partial charge is 0.273 e. The molecule has 0 aliphatic carbocycles. The van der Waals surface area contributed by atoms with Gasteiger partial charge >= 0.3 is 0 Å². The van der Waals surface area contributed by atoms with Crippen LogP contribution in [0.5, 0.6) is 0 Å². The van der Waals surface area contributed by atoms with Crippen LogP contribution in [0.2, 0.25) is 0 Å². The highest BCUT2D eigenvalue weighted by Gasteiger charge is 1.99. The van der Waals surface area contributed by atoms with Crippen molar-refractivity contribution < 1.29 is 4.79 Å². The van der Waals surface area contributed by atoms with E-state index in [0.717, 1.165) is 31.4 Å². The third-order valence-corrected chi connectivity index (χ3v) is 2.74. The third-order valence-electron chi connectivity index (χ3n) is 2.74. The summed E-state index contributed by atoms with van der Waals surface area (Å²) in [4.78, 5) is 11.4. The van der Waals surface area contributed by atoms with E-state index < -0.39 is 0 Å². The zero-order valence-corrected chi connectivity index (χ0v) is 11.7. The van der Waals surface area contributed by atoms with Gasteiger partial charge in [-0.25, -0.2) is 5.43 Å². The fourth-order valence-corrected chi connectivity index (χ4v) is 1.70. The molecule has 1 amide bonds. The van der Waals surface area contributed by atoms with Crippen LogP contribution in [-0.2, 0) is 4.79 Å². The molecule has 0 unspecified atom stereocenters. The van der Waals surface area contributed by atoms with Crippen molar-refractivity contribution in [1.82, 2.24) is 5.43 Å². The number of carbonyl (C=O) groups excluding carboxylic acids is 1. The summed E-state index contributed by atoms with van der Waals surface area (Å²) in [6.07, 6.45) is 9.90. The number of rotatable bonds is 10. The molecule has 3 heteroatoms. The predicted molar refractivity (Wildman–Crippen MR) is 74.2 cm³/mol. The van der Waals surface area contributed by atoms with Gasteiger partial charge in [0.05, 0.1) is 0 Å². The second kappa shape index (κ2) is 11.6. The van der Waals surface area contributed by atoms with E-state index in [-0.39, 0.29) is 5.91 Å². The number of amides is 1. The first-order valence-electron chi connectivity index (χ1n) is 7.02. The van der Waals surface area contributed by atoms with Gasteiger partial charge in [0.25, 0.3) is 0 Å². The van der Waals surface area contributed by atoms with Gasteiger partial charge in [-0.1, -0.05) is 52.4 Å². The minimum atomic E-state index is 0.0518. The van der Waals surface area contributed by atoms with Gasteiger partial charge in [-0.15, -0.1) is 0 Å². The molecule has 0 aliphatic heterocycles. The normalized spacial score (nSPS) is 11.6. The second-order valence-electron chi connectivity index (χ2n) is 4.65. The lowest BCUT2D eigenvalue weighted by atomic mass is 10.1. The summed E-state index contributed by atoms with van der Waals surface area (Å²) >= 11 is 0. The highest BCUT2D eigenvalue weighted by atomic mass is 16.2. The molecule has 0 spiro atoms. The van der Waals surface area contributed by atoms with Crippen molar-refractivity contribution in [3.05, 3.63) is 0 Å². The highest BCUT2D eigenvalue weighted by Crippen LogP contribution is 2.06. The van der Waals surface area contributed by atoms with Crippen molar-refractivity contribution in [3.63, 3.8) is 0 Å². The van der Waals surface area contributed by atoms with Gasteiger partial charge in [-0.2, -0.15) is 5.10 Å². The molecule has 0 aromatic carbocycles. The van der Waals surface area contributed by atoms with Crippen molar-refractivity contribution in [2.75, 3.05) is 0 Å². The zero-order chi connectivity index (χ0) is 12.9. The summed E-state index contributed by atoms with van der Waals surface area (Å²) in [7, 11) is 0. The van der Waals surface area contributed by atoms with Crippen LogP contribution < -0.4 is 5.43 Å². The molecule has 17 heavy (non-hydrogen) atoms. The molecule has 0 radical (unpaired) electrons. The highest BCUT2D eigenvalue weighted by molar-refractivity contribution is 5.84. The molecule has 100 valence electrons. The van der Waals surface area contributed by atoms with Crippen molar-refractivity contribution in [2.45, 2.75) is 78.6 Å². The maximum Gasteiger partial charge on any atom is 0.240 e. The molecule has 0 saturated heterocycles. The maximum absolute atomic E-state index is 11.4. The smallest absolute Gasteiger partial charge is 0.240 e. The molecule has 0 aromatic rings. The summed E-state index contributed by atoms with van der Waals surface area (Å²) in [6, 6.07) is 0. The van der Waals surface area contributed by atoms with E-state index in [1.807, 2.05) is 6.92 Å². The molecule has 0 atom stereocenters. The minimum Gasteiger partial charge on any atom is -0.273 e. The van der Waals surface area contributed by atoms with Gasteiger partial charge < -0.3 is 0 Å². The monoisotopic (exact) mass is 240 g/mol. The molecule has 0 heterocycles. The maximum atomic E-state index is 11.4. The number of unbranched alkanes of at least 4 members (excludes halogenated alkanes) is 5. The van der Waals surface area contributed by atoms with Crippen molar-refractivity contribution in [2.24, 2.45) is 5.10 Å². The van der Waals surface area contributed by atoms with Gasteiger partial charge in [0, 0.05) is 12.1 Å². The van der Waals surface area contributed by atoms with Crippen LogP contribution in [0, 0.1) is 0 Å². The standard InChI is InChI=1S/C14H28N2O/c1-4-6-7-8-9-10-12-14(17)16-15-13(3)11-5-2/h4-12H2,1-3H3,(H,16,17). The number of nitrogens with zero attached hydrogens (tertiary/aromatic N) is 1. The first-order valence-corrected chi connectivity index (χ1v) is 7.02. The van der Waals surface area contributed by atoms with E-state index in [0.29, 0.717) is 6.42 Å². The van der Waals surface area contributed by atoms with Crippen molar-refractivity contribution in [1.29, 1.82) is 0 Å². The lowest BCUT2D eigenvalue weighted by Crippen LogP contribution is -2.18. The van der Waals surface area contributed by atoms with E-state index in [1.54, 1.807) is 0 Å². The van der Waals surface area contributed by atoms with Gasteiger partial charge in [0.2, 0.25) is 5.91 Å². The Kier molecular flexibility index (Phi) is 11.0. The van der Waals surface area contributed by atoms with E-state index in [9.17, 15) is 4.79 Å². The number of hydrazone groups is 1. The quantitative estimate of drug-likeness (QED) is 0.349. The average molecular weight is 240 g/mol. The van der Waals surface area contributed by atoms with Gasteiger partial charge in [-0.05, 0) is 19.8 Å². The summed E-state index contributed by atoms with van der Waals surface area (Å²) in [5, 5.41) is 4.06. The minimum absolute atomic E-state index is 0.0518. The third kappa shape index (κ3) is 11.4. The number of nitrogens with one attached hydrogen (secondary N) is 1. The van der Waals surface area contributed by atoms with Crippen molar-refractivity contribution >= 4 is 11.6 Å². The molecule has 0 saturated carbocycles. The van der Waals surface area contributed by atoms with E-state index >= 15 is 0 Å². The molecule has 0 rings (SSSR count). The average Bonchev–Trinajstić information content (AvgIpc) is 2.31. The summed E-state index contributed by atoms with van der Waals surface area (Å²) in [5.41, 5.74) is 3.62. The van der Waals surface area contributed by atoms with E-state index in [1.165, 1.54) is 25.7 Å². The van der Waals surface area contributed by atoms with Crippen molar-refractivity contribution in [3.8, 4) is 0 Å². The molecule has 0 fully saturated rings.